The van der Waals surface area contributed by atoms with Crippen molar-refractivity contribution in [2.24, 2.45) is 10.7 Å². The number of nitrogens with zero attached hydrogens (tertiary/aromatic N) is 2. The average molecular weight is 439 g/mol. The number of fused-ring (bicyclic) bond motifs is 1. The van der Waals surface area contributed by atoms with Crippen LogP contribution in [0.3, 0.4) is 0 Å². The number of aliphatic imine (C=N–C) groups is 1. The van der Waals surface area contributed by atoms with Gasteiger partial charge in [0.15, 0.2) is 16.8 Å². The molecule has 150 valence electrons. The van der Waals surface area contributed by atoms with Crippen LogP contribution in [0.1, 0.15) is 23.0 Å². The summed E-state index contributed by atoms with van der Waals surface area (Å²) in [5, 5.41) is 2.90. The SMILES string of the molecule is C[C@]1(c2cc(NC(=O)c3ccc(Cl)cn3)cc(F)c2F)N=C(N)S[C@@]2(CF)C=C21. The molecular weight excluding hydrogens is 425 g/mol. The molecule has 3 N–H and O–H groups in total. The Labute approximate surface area is 173 Å². The minimum Gasteiger partial charge on any atom is -0.378 e. The average Bonchev–Trinajstić information content (AvgIpc) is 3.41. The van der Waals surface area contributed by atoms with Crippen LogP contribution in [0.5, 0.6) is 0 Å². The predicted molar refractivity (Wildman–Crippen MR) is 107 cm³/mol. The van der Waals surface area contributed by atoms with E-state index in [1.54, 1.807) is 6.08 Å². The molecule has 0 spiro atoms. The lowest BCUT2D eigenvalue weighted by Crippen LogP contribution is -2.36. The molecule has 29 heavy (non-hydrogen) atoms. The fourth-order valence-electron chi connectivity index (χ4n) is 3.39. The van der Waals surface area contributed by atoms with Crippen LogP contribution >= 0.6 is 23.4 Å². The number of rotatable bonds is 4. The van der Waals surface area contributed by atoms with E-state index < -0.39 is 34.5 Å². The molecule has 2 aromatic rings. The van der Waals surface area contributed by atoms with Crippen LogP contribution < -0.4 is 11.1 Å². The van der Waals surface area contributed by atoms with Gasteiger partial charge in [-0.25, -0.2) is 23.1 Å². The Balaban J connectivity index is 1.72. The summed E-state index contributed by atoms with van der Waals surface area (Å²) in [7, 11) is 0. The molecular formula is C19H14ClF3N4OS. The molecule has 0 unspecified atom stereocenters. The minimum atomic E-state index is -1.38. The number of aromatic nitrogens is 1. The number of anilines is 1. The molecule has 0 fully saturated rings. The summed E-state index contributed by atoms with van der Waals surface area (Å²) in [6, 6.07) is 4.99. The number of amides is 1. The van der Waals surface area contributed by atoms with Crippen LogP contribution in [-0.2, 0) is 5.54 Å². The van der Waals surface area contributed by atoms with Crippen molar-refractivity contribution < 1.29 is 18.0 Å². The van der Waals surface area contributed by atoms with Crippen LogP contribution in [0, 0.1) is 11.6 Å². The zero-order valence-corrected chi connectivity index (χ0v) is 16.5. The first kappa shape index (κ1) is 19.8. The highest BCUT2D eigenvalue weighted by Crippen LogP contribution is 2.60. The van der Waals surface area contributed by atoms with E-state index in [-0.39, 0.29) is 22.1 Å². The van der Waals surface area contributed by atoms with Gasteiger partial charge in [-0.15, -0.1) is 0 Å². The molecule has 1 aliphatic carbocycles. The zero-order valence-electron chi connectivity index (χ0n) is 15.0. The van der Waals surface area contributed by atoms with E-state index in [0.29, 0.717) is 10.6 Å². The van der Waals surface area contributed by atoms with E-state index in [4.69, 9.17) is 17.3 Å². The molecule has 1 amide bonds. The summed E-state index contributed by atoms with van der Waals surface area (Å²) >= 11 is 6.79. The zero-order chi connectivity index (χ0) is 21.0. The van der Waals surface area contributed by atoms with Gasteiger partial charge in [-0.2, -0.15) is 0 Å². The molecule has 2 atom stereocenters. The fourth-order valence-corrected chi connectivity index (χ4v) is 4.64. The van der Waals surface area contributed by atoms with Gasteiger partial charge in [0, 0.05) is 23.5 Å². The number of benzene rings is 1. The van der Waals surface area contributed by atoms with Gasteiger partial charge in [-0.05, 0) is 30.7 Å². The van der Waals surface area contributed by atoms with E-state index in [1.165, 1.54) is 31.3 Å². The fraction of sp³-hybridized carbons (Fsp3) is 0.211. The topological polar surface area (TPSA) is 80.4 Å². The van der Waals surface area contributed by atoms with Crippen molar-refractivity contribution in [3.8, 4) is 0 Å². The predicted octanol–water partition coefficient (Wildman–Crippen LogP) is 4.19. The van der Waals surface area contributed by atoms with Gasteiger partial charge in [-0.1, -0.05) is 29.4 Å². The highest BCUT2D eigenvalue weighted by atomic mass is 35.5. The maximum Gasteiger partial charge on any atom is 0.274 e. The summed E-state index contributed by atoms with van der Waals surface area (Å²) in [5.41, 5.74) is 4.85. The van der Waals surface area contributed by atoms with Gasteiger partial charge in [0.05, 0.1) is 9.77 Å². The summed E-state index contributed by atoms with van der Waals surface area (Å²) in [6.07, 6.45) is 2.91. The molecule has 0 radical (unpaired) electrons. The summed E-state index contributed by atoms with van der Waals surface area (Å²) in [5.74, 6) is -2.95. The van der Waals surface area contributed by atoms with Gasteiger partial charge in [-0.3, -0.25) is 4.79 Å². The largest absolute Gasteiger partial charge is 0.378 e. The van der Waals surface area contributed by atoms with Crippen LogP contribution in [-0.4, -0.2) is 27.5 Å². The number of pyridine rings is 1. The van der Waals surface area contributed by atoms with Crippen molar-refractivity contribution in [3.05, 3.63) is 70.0 Å². The summed E-state index contributed by atoms with van der Waals surface area (Å²) in [6.45, 7) is 0.800. The molecule has 0 bridgehead atoms. The molecule has 1 aromatic heterocycles. The number of nitrogens with two attached hydrogens (primary N) is 1. The maximum atomic E-state index is 14.7. The molecule has 2 heterocycles. The molecule has 0 saturated heterocycles. The Bertz CT molecular complexity index is 1090. The highest BCUT2D eigenvalue weighted by Gasteiger charge is 2.58. The number of hydrogen-bond acceptors (Lipinski definition) is 5. The van der Waals surface area contributed by atoms with Crippen LogP contribution in [0.15, 0.2) is 47.1 Å². The van der Waals surface area contributed by atoms with Gasteiger partial charge in [0.25, 0.3) is 5.91 Å². The van der Waals surface area contributed by atoms with E-state index in [0.717, 1.165) is 17.8 Å². The van der Waals surface area contributed by atoms with Gasteiger partial charge >= 0.3 is 0 Å². The standard InChI is InChI=1S/C19H14ClF3N4OS/c1-18(14-6-19(14,8-21)29-17(24)27-18)11-4-10(5-12(22)15(11)23)26-16(28)13-3-2-9(20)7-25-13/h2-7H,8H2,1H3,(H2,24,27)(H,26,28)/t18-,19-/m1/s1. The van der Waals surface area contributed by atoms with E-state index in [9.17, 15) is 18.0 Å². The third kappa shape index (κ3) is 3.28. The van der Waals surface area contributed by atoms with Crippen LogP contribution in [0.4, 0.5) is 18.9 Å². The lowest BCUT2D eigenvalue weighted by atomic mass is 9.86. The Morgan fingerprint density at radius 1 is 1.34 bits per heavy atom. The van der Waals surface area contributed by atoms with Crippen molar-refractivity contribution >= 4 is 40.1 Å². The molecule has 1 aromatic carbocycles. The number of halogens is 4. The Morgan fingerprint density at radius 2 is 2.10 bits per heavy atom. The number of thioether (sulfide) groups is 1. The Kier molecular flexibility index (Phi) is 4.62. The number of alkyl halides is 1. The van der Waals surface area contributed by atoms with Crippen molar-refractivity contribution in [1.82, 2.24) is 4.98 Å². The smallest absolute Gasteiger partial charge is 0.274 e. The highest BCUT2D eigenvalue weighted by molar-refractivity contribution is 8.15. The first-order valence-electron chi connectivity index (χ1n) is 8.45. The number of carbonyl (C=O) groups is 1. The van der Waals surface area contributed by atoms with Gasteiger partial charge in [0.1, 0.15) is 17.9 Å². The maximum absolute atomic E-state index is 14.7. The van der Waals surface area contributed by atoms with Crippen molar-refractivity contribution in [1.29, 1.82) is 0 Å². The molecule has 2 aliphatic rings. The first-order chi connectivity index (χ1) is 13.7. The third-order valence-electron chi connectivity index (χ3n) is 4.86. The lowest BCUT2D eigenvalue weighted by Gasteiger charge is -2.33. The molecule has 4 rings (SSSR count). The number of nitrogens with one attached hydrogen (secondary N) is 1. The van der Waals surface area contributed by atoms with E-state index >= 15 is 0 Å². The number of amidine groups is 1. The van der Waals surface area contributed by atoms with E-state index in [1.807, 2.05) is 0 Å². The number of carbonyl (C=O) groups excluding carboxylic acids is 1. The first-order valence-corrected chi connectivity index (χ1v) is 9.64. The quantitative estimate of drug-likeness (QED) is 0.701. The molecule has 10 heteroatoms. The molecule has 5 nitrogen and oxygen atoms in total. The third-order valence-corrected chi connectivity index (χ3v) is 6.20. The summed E-state index contributed by atoms with van der Waals surface area (Å²) in [4.78, 5) is 20.5. The van der Waals surface area contributed by atoms with Gasteiger partial charge < -0.3 is 11.1 Å². The van der Waals surface area contributed by atoms with Crippen molar-refractivity contribution in [3.63, 3.8) is 0 Å². The molecule has 1 aliphatic heterocycles. The Morgan fingerprint density at radius 3 is 2.76 bits per heavy atom. The second-order valence-electron chi connectivity index (χ2n) is 6.84. The monoisotopic (exact) mass is 438 g/mol. The second kappa shape index (κ2) is 6.77. The van der Waals surface area contributed by atoms with E-state index in [2.05, 4.69) is 15.3 Å². The lowest BCUT2D eigenvalue weighted by molar-refractivity contribution is 0.102. The van der Waals surface area contributed by atoms with Crippen molar-refractivity contribution in [2.45, 2.75) is 17.2 Å². The van der Waals surface area contributed by atoms with Gasteiger partial charge in [0.2, 0.25) is 0 Å². The Hall–Kier alpha value is -2.52. The second-order valence-corrected chi connectivity index (χ2v) is 8.63. The molecule has 0 saturated carbocycles. The summed E-state index contributed by atoms with van der Waals surface area (Å²) < 4.78 is 41.6. The number of hydrogen-bond donors (Lipinski definition) is 2. The van der Waals surface area contributed by atoms with Crippen molar-refractivity contribution in [2.75, 3.05) is 12.0 Å². The normalized spacial score (nSPS) is 25.0. The van der Waals surface area contributed by atoms with Crippen LogP contribution in [0.2, 0.25) is 5.02 Å². The van der Waals surface area contributed by atoms with Crippen LogP contribution in [0.25, 0.3) is 0 Å². The minimum absolute atomic E-state index is 0.000899.